The van der Waals surface area contributed by atoms with Crippen molar-refractivity contribution in [1.29, 1.82) is 0 Å². The van der Waals surface area contributed by atoms with Crippen LogP contribution in [0.25, 0.3) is 33.0 Å². The third-order valence-electron chi connectivity index (χ3n) is 5.09. The van der Waals surface area contributed by atoms with Gasteiger partial charge in [0.2, 0.25) is 0 Å². The highest BCUT2D eigenvalue weighted by molar-refractivity contribution is 7.17. The molecule has 0 fully saturated rings. The van der Waals surface area contributed by atoms with Crippen LogP contribution >= 0.6 is 11.3 Å². The second-order valence-corrected chi connectivity index (χ2v) is 7.78. The number of aromatic nitrogens is 2. The number of hydrogen-bond acceptors (Lipinski definition) is 3. The summed E-state index contributed by atoms with van der Waals surface area (Å²) in [7, 11) is 0. The van der Waals surface area contributed by atoms with Crippen molar-refractivity contribution in [3.8, 4) is 11.1 Å². The first-order valence-corrected chi connectivity index (χ1v) is 9.94. The number of fused-ring (bicyclic) bond motifs is 2. The predicted molar refractivity (Wildman–Crippen MR) is 113 cm³/mol. The second kappa shape index (κ2) is 6.32. The minimum absolute atomic E-state index is 0.0717. The zero-order valence-electron chi connectivity index (χ0n) is 15.0. The Bertz CT molecular complexity index is 1230. The lowest BCUT2D eigenvalue weighted by Crippen LogP contribution is -2.20. The summed E-state index contributed by atoms with van der Waals surface area (Å²) in [6, 6.07) is 18.5. The molecule has 0 radical (unpaired) electrons. The summed E-state index contributed by atoms with van der Waals surface area (Å²) in [6.07, 6.45) is 3.00. The van der Waals surface area contributed by atoms with E-state index in [4.69, 9.17) is 4.98 Å². The maximum atomic E-state index is 13.2. The highest BCUT2D eigenvalue weighted by Crippen LogP contribution is 2.34. The van der Waals surface area contributed by atoms with Gasteiger partial charge in [0.05, 0.1) is 5.39 Å². The maximum absolute atomic E-state index is 13.2. The van der Waals surface area contributed by atoms with Crippen LogP contribution in [-0.2, 0) is 6.54 Å². The molecule has 0 atom stereocenters. The van der Waals surface area contributed by atoms with Crippen molar-refractivity contribution in [2.45, 2.75) is 19.9 Å². The van der Waals surface area contributed by atoms with E-state index in [1.807, 2.05) is 40.3 Å². The highest BCUT2D eigenvalue weighted by Gasteiger charge is 2.23. The van der Waals surface area contributed by atoms with Crippen molar-refractivity contribution in [1.82, 2.24) is 9.55 Å². The van der Waals surface area contributed by atoms with Crippen LogP contribution in [0.4, 0.5) is 0 Å². The van der Waals surface area contributed by atoms with Crippen LogP contribution in [0.1, 0.15) is 23.4 Å². The van der Waals surface area contributed by atoms with Gasteiger partial charge in [-0.3, -0.25) is 9.36 Å². The Kier molecular flexibility index (Phi) is 3.80. The first-order chi connectivity index (χ1) is 13.2. The average Bonchev–Trinajstić information content (AvgIpc) is 3.30. The lowest BCUT2D eigenvalue weighted by molar-refractivity contribution is 0.726. The van der Waals surface area contributed by atoms with E-state index in [0.717, 1.165) is 44.7 Å². The number of thiophene rings is 1. The van der Waals surface area contributed by atoms with Gasteiger partial charge in [-0.1, -0.05) is 60.2 Å². The van der Waals surface area contributed by atoms with Gasteiger partial charge in [0.15, 0.2) is 0 Å². The number of nitrogens with zero attached hydrogens (tertiary/aromatic N) is 2. The van der Waals surface area contributed by atoms with Gasteiger partial charge >= 0.3 is 0 Å². The Labute approximate surface area is 161 Å². The van der Waals surface area contributed by atoms with Gasteiger partial charge in [-0.15, -0.1) is 11.3 Å². The van der Waals surface area contributed by atoms with Crippen LogP contribution in [-0.4, -0.2) is 9.55 Å². The van der Waals surface area contributed by atoms with Crippen LogP contribution in [0.2, 0.25) is 0 Å². The van der Waals surface area contributed by atoms with Crippen LogP contribution in [0.15, 0.2) is 64.8 Å². The molecule has 132 valence electrons. The normalized spacial score (nSPS) is 14.8. The molecule has 2 aromatic heterocycles. The topological polar surface area (TPSA) is 34.9 Å². The Balaban J connectivity index is 1.66. The molecule has 0 bridgehead atoms. The van der Waals surface area contributed by atoms with Crippen LogP contribution in [0.3, 0.4) is 0 Å². The van der Waals surface area contributed by atoms with Crippen molar-refractivity contribution in [3.05, 3.63) is 87.3 Å². The summed E-state index contributed by atoms with van der Waals surface area (Å²) in [4.78, 5) is 18.9. The van der Waals surface area contributed by atoms with E-state index in [1.54, 1.807) is 11.3 Å². The fourth-order valence-corrected chi connectivity index (χ4v) is 4.59. The lowest BCUT2D eigenvalue weighted by atomic mass is 10.1. The lowest BCUT2D eigenvalue weighted by Gasteiger charge is -2.05. The fourth-order valence-electron chi connectivity index (χ4n) is 3.65. The monoisotopic (exact) mass is 370 g/mol. The summed E-state index contributed by atoms with van der Waals surface area (Å²) >= 11 is 1.55. The third kappa shape index (κ3) is 2.73. The molecule has 1 aliphatic heterocycles. The van der Waals surface area contributed by atoms with E-state index in [-0.39, 0.29) is 5.56 Å². The van der Waals surface area contributed by atoms with Gasteiger partial charge in [-0.2, -0.15) is 0 Å². The molecule has 2 aromatic carbocycles. The first kappa shape index (κ1) is 16.2. The molecule has 4 heteroatoms. The minimum atomic E-state index is 0.0717. The van der Waals surface area contributed by atoms with Crippen molar-refractivity contribution in [2.75, 3.05) is 0 Å². The fraction of sp³-hybridized carbons (Fsp3) is 0.130. The molecule has 0 saturated heterocycles. The Morgan fingerprint density at radius 1 is 1.07 bits per heavy atom. The van der Waals surface area contributed by atoms with Crippen LogP contribution in [0.5, 0.6) is 0 Å². The summed E-state index contributed by atoms with van der Waals surface area (Å²) in [6.45, 7) is 2.78. The van der Waals surface area contributed by atoms with Gasteiger partial charge in [0.25, 0.3) is 5.56 Å². The van der Waals surface area contributed by atoms with Gasteiger partial charge < -0.3 is 0 Å². The van der Waals surface area contributed by atoms with Crippen molar-refractivity contribution >= 4 is 33.2 Å². The number of hydrogen-bond donors (Lipinski definition) is 0. The quantitative estimate of drug-likeness (QED) is 0.475. The Hall–Kier alpha value is -2.98. The molecule has 4 aromatic rings. The summed E-state index contributed by atoms with van der Waals surface area (Å²) in [5.41, 5.74) is 5.65. The van der Waals surface area contributed by atoms with E-state index in [2.05, 4.69) is 37.3 Å². The van der Waals surface area contributed by atoms with Crippen molar-refractivity contribution in [3.63, 3.8) is 0 Å². The molecular formula is C23H18N2OS. The molecule has 0 N–H and O–H groups in total. The van der Waals surface area contributed by atoms with Crippen LogP contribution in [0, 0.1) is 6.92 Å². The van der Waals surface area contributed by atoms with E-state index < -0.39 is 0 Å². The minimum Gasteiger partial charge on any atom is -0.292 e. The van der Waals surface area contributed by atoms with Gasteiger partial charge in [0, 0.05) is 17.5 Å². The summed E-state index contributed by atoms with van der Waals surface area (Å²) < 4.78 is 1.83. The number of aryl methyl sites for hydroxylation is 1. The standard InChI is InChI=1S/C23H18N2OS/c1-15-7-9-16(10-8-15)13-18-11-12-25-21(18)24-22-20(23(25)26)19(14-27-22)17-5-3-2-4-6-17/h2-10,13-14H,11-12H2,1H3/b18-13+. The largest absolute Gasteiger partial charge is 0.292 e. The second-order valence-electron chi connectivity index (χ2n) is 6.92. The number of rotatable bonds is 2. The summed E-state index contributed by atoms with van der Waals surface area (Å²) in [5, 5.41) is 2.79. The van der Waals surface area contributed by atoms with E-state index >= 15 is 0 Å². The maximum Gasteiger partial charge on any atom is 0.263 e. The molecular weight excluding hydrogens is 352 g/mol. The van der Waals surface area contributed by atoms with Gasteiger partial charge in [-0.25, -0.2) is 4.98 Å². The average molecular weight is 370 g/mol. The van der Waals surface area contributed by atoms with E-state index in [0.29, 0.717) is 6.54 Å². The first-order valence-electron chi connectivity index (χ1n) is 9.06. The number of benzene rings is 2. The molecule has 0 spiro atoms. The van der Waals surface area contributed by atoms with Crippen molar-refractivity contribution < 1.29 is 0 Å². The molecule has 1 aliphatic rings. The molecule has 0 amide bonds. The Morgan fingerprint density at radius 3 is 2.63 bits per heavy atom. The molecule has 0 saturated carbocycles. The smallest absolute Gasteiger partial charge is 0.263 e. The third-order valence-corrected chi connectivity index (χ3v) is 5.96. The Morgan fingerprint density at radius 2 is 1.85 bits per heavy atom. The zero-order valence-corrected chi connectivity index (χ0v) is 15.8. The van der Waals surface area contributed by atoms with Gasteiger partial charge in [0.1, 0.15) is 10.7 Å². The molecule has 0 aliphatic carbocycles. The molecule has 5 rings (SSSR count). The predicted octanol–water partition coefficient (Wildman–Crippen LogP) is 5.38. The highest BCUT2D eigenvalue weighted by atomic mass is 32.1. The molecule has 0 unspecified atom stereocenters. The van der Waals surface area contributed by atoms with Gasteiger partial charge in [-0.05, 0) is 36.1 Å². The molecule has 27 heavy (non-hydrogen) atoms. The molecule has 3 nitrogen and oxygen atoms in total. The van der Waals surface area contributed by atoms with Crippen molar-refractivity contribution in [2.24, 2.45) is 0 Å². The summed E-state index contributed by atoms with van der Waals surface area (Å²) in [5.74, 6) is 0.814. The molecule has 3 heterocycles. The van der Waals surface area contributed by atoms with Crippen LogP contribution < -0.4 is 5.56 Å². The number of allylic oxidation sites excluding steroid dienone is 1. The zero-order chi connectivity index (χ0) is 18.4. The SMILES string of the molecule is Cc1ccc(/C=C2\CCn3c2nc2scc(-c4ccccc4)c2c3=O)cc1. The van der Waals surface area contributed by atoms with E-state index in [1.165, 1.54) is 5.56 Å². The van der Waals surface area contributed by atoms with E-state index in [9.17, 15) is 4.79 Å².